The Labute approximate surface area is 82.4 Å². The Morgan fingerprint density at radius 1 is 1.43 bits per heavy atom. The van der Waals surface area contributed by atoms with Gasteiger partial charge in [-0.25, -0.2) is 0 Å². The van der Waals surface area contributed by atoms with Gasteiger partial charge in [0.1, 0.15) is 6.10 Å². The number of carbonyl (C=O) groups excluding carboxylic acids is 1. The summed E-state index contributed by atoms with van der Waals surface area (Å²) in [6.45, 7) is 0.382. The number of β-lactam (4-membered cyclic amide) rings is 1. The maximum Gasteiger partial charge on any atom is 0.225 e. The predicted octanol–water partition coefficient (Wildman–Crippen LogP) is -0.475. The van der Waals surface area contributed by atoms with Gasteiger partial charge in [-0.2, -0.15) is 0 Å². The molecular weight excluding hydrogens is 178 g/mol. The number of hydrogen-bond donors (Lipinski definition) is 1. The van der Waals surface area contributed by atoms with Crippen LogP contribution in [0, 0.1) is 23.7 Å². The van der Waals surface area contributed by atoms with Crippen LogP contribution in [0.25, 0.3) is 0 Å². The Balaban J connectivity index is 2.21. The quantitative estimate of drug-likeness (QED) is 0.411. The van der Waals surface area contributed by atoms with Gasteiger partial charge in [-0.3, -0.25) is 4.79 Å². The third-order valence-corrected chi connectivity index (χ3v) is 2.30. The van der Waals surface area contributed by atoms with Crippen LogP contribution in [0.3, 0.4) is 0 Å². The molecule has 2 unspecified atom stereocenters. The third-order valence-electron chi connectivity index (χ3n) is 2.30. The number of nitrogens with zero attached hydrogens (tertiary/aromatic N) is 1. The van der Waals surface area contributed by atoms with Crippen LogP contribution >= 0.6 is 0 Å². The molecule has 0 aromatic carbocycles. The molecule has 0 aromatic heterocycles. The lowest BCUT2D eigenvalue weighted by Crippen LogP contribution is -2.57. The molecule has 0 aromatic rings. The number of rotatable bonds is 0. The summed E-state index contributed by atoms with van der Waals surface area (Å²) in [4.78, 5) is 12.7. The highest BCUT2D eigenvalue weighted by atomic mass is 16.3. The van der Waals surface area contributed by atoms with Crippen LogP contribution in [-0.2, 0) is 4.79 Å². The van der Waals surface area contributed by atoms with E-state index in [1.54, 1.807) is 17.1 Å². The zero-order valence-electron chi connectivity index (χ0n) is 7.53. The van der Waals surface area contributed by atoms with Crippen LogP contribution in [0.2, 0.25) is 0 Å². The molecule has 0 saturated carbocycles. The molecular formula is C11H9NO2. The summed E-state index contributed by atoms with van der Waals surface area (Å²) in [6.07, 6.45) is 2.84. The van der Waals surface area contributed by atoms with E-state index in [0.717, 1.165) is 0 Å². The Morgan fingerprint density at radius 2 is 2.21 bits per heavy atom. The zero-order chi connectivity index (χ0) is 9.97. The van der Waals surface area contributed by atoms with Crippen molar-refractivity contribution in [3.63, 3.8) is 0 Å². The van der Waals surface area contributed by atoms with Crippen LogP contribution in [0.5, 0.6) is 0 Å². The van der Waals surface area contributed by atoms with E-state index in [0.29, 0.717) is 13.0 Å². The topological polar surface area (TPSA) is 40.5 Å². The molecule has 0 radical (unpaired) electrons. The highest BCUT2D eigenvalue weighted by Gasteiger charge is 2.39. The number of allylic oxidation sites excluding steroid dienone is 2. The second-order valence-corrected chi connectivity index (χ2v) is 3.18. The Bertz CT molecular complexity index is 402. The normalized spacial score (nSPS) is 31.2. The van der Waals surface area contributed by atoms with Gasteiger partial charge < -0.3 is 10.0 Å². The molecule has 0 spiro atoms. The van der Waals surface area contributed by atoms with Crippen molar-refractivity contribution in [1.82, 2.24) is 4.90 Å². The average Bonchev–Trinajstić information content (AvgIpc) is 2.17. The molecule has 1 fully saturated rings. The number of aliphatic hydroxyl groups is 1. The molecule has 1 N–H and O–H groups in total. The maximum atomic E-state index is 11.2. The van der Waals surface area contributed by atoms with E-state index in [1.807, 2.05) is 0 Å². The fourth-order valence-electron chi connectivity index (χ4n) is 1.47. The summed E-state index contributed by atoms with van der Waals surface area (Å²) >= 11 is 0. The van der Waals surface area contributed by atoms with Crippen molar-refractivity contribution in [1.29, 1.82) is 0 Å². The molecule has 0 bridgehead atoms. The van der Waals surface area contributed by atoms with Crippen LogP contribution in [0.15, 0.2) is 12.2 Å². The van der Waals surface area contributed by atoms with Gasteiger partial charge in [-0.15, -0.1) is 0 Å². The smallest absolute Gasteiger partial charge is 0.225 e. The van der Waals surface area contributed by atoms with E-state index in [1.165, 1.54) is 0 Å². The first-order valence-corrected chi connectivity index (χ1v) is 4.41. The molecule has 1 amide bonds. The summed E-state index contributed by atoms with van der Waals surface area (Å²) in [7, 11) is 0. The van der Waals surface area contributed by atoms with Crippen LogP contribution in [0.4, 0.5) is 0 Å². The van der Waals surface area contributed by atoms with Gasteiger partial charge in [0.05, 0.1) is 19.0 Å². The van der Waals surface area contributed by atoms with Crippen LogP contribution in [0.1, 0.15) is 6.42 Å². The van der Waals surface area contributed by atoms with Crippen molar-refractivity contribution in [3.05, 3.63) is 12.2 Å². The molecule has 2 heterocycles. The van der Waals surface area contributed by atoms with Gasteiger partial charge in [0.25, 0.3) is 0 Å². The second kappa shape index (κ2) is 3.57. The van der Waals surface area contributed by atoms with Crippen molar-refractivity contribution in [2.45, 2.75) is 18.6 Å². The Kier molecular flexibility index (Phi) is 2.26. The first-order valence-electron chi connectivity index (χ1n) is 4.41. The summed E-state index contributed by atoms with van der Waals surface area (Å²) in [5.74, 6) is 11.0. The van der Waals surface area contributed by atoms with Crippen molar-refractivity contribution in [3.8, 4) is 23.7 Å². The van der Waals surface area contributed by atoms with Gasteiger partial charge >= 0.3 is 0 Å². The molecule has 14 heavy (non-hydrogen) atoms. The molecule has 2 aliphatic rings. The van der Waals surface area contributed by atoms with Gasteiger partial charge in [-0.1, -0.05) is 23.7 Å². The summed E-state index contributed by atoms with van der Waals surface area (Å²) in [6, 6.07) is -0.171. The number of fused-ring (bicyclic) bond motifs is 1. The lowest BCUT2D eigenvalue weighted by atomic mass is 9.96. The van der Waals surface area contributed by atoms with E-state index >= 15 is 0 Å². The fraction of sp³-hybridized carbons (Fsp3) is 0.364. The largest absolute Gasteiger partial charge is 0.378 e. The summed E-state index contributed by atoms with van der Waals surface area (Å²) in [5, 5.41) is 9.59. The minimum absolute atomic E-state index is 0.0368. The Hall–Kier alpha value is -1.71. The van der Waals surface area contributed by atoms with E-state index in [-0.39, 0.29) is 11.9 Å². The molecule has 2 aliphatic heterocycles. The van der Waals surface area contributed by atoms with Gasteiger partial charge in [0.2, 0.25) is 5.91 Å². The van der Waals surface area contributed by atoms with E-state index in [9.17, 15) is 9.90 Å². The molecule has 0 aliphatic carbocycles. The molecule has 2 atom stereocenters. The zero-order valence-corrected chi connectivity index (χ0v) is 7.53. The highest BCUT2D eigenvalue weighted by Crippen LogP contribution is 2.21. The molecule has 70 valence electrons. The van der Waals surface area contributed by atoms with Gasteiger partial charge in [0, 0.05) is 0 Å². The molecule has 3 nitrogen and oxygen atoms in total. The van der Waals surface area contributed by atoms with Crippen molar-refractivity contribution in [2.24, 2.45) is 0 Å². The minimum atomic E-state index is -0.753. The lowest BCUT2D eigenvalue weighted by molar-refractivity contribution is -0.148. The Morgan fingerprint density at radius 3 is 3.00 bits per heavy atom. The SMILES string of the molecule is O=C1CC2C(O)C#C/C=C\C#CCN12. The molecule has 1 saturated heterocycles. The average molecular weight is 187 g/mol. The summed E-state index contributed by atoms with van der Waals surface area (Å²) < 4.78 is 0. The minimum Gasteiger partial charge on any atom is -0.378 e. The third kappa shape index (κ3) is 1.51. The predicted molar refractivity (Wildman–Crippen MR) is 50.8 cm³/mol. The monoisotopic (exact) mass is 187 g/mol. The van der Waals surface area contributed by atoms with Crippen molar-refractivity contribution >= 4 is 5.91 Å². The van der Waals surface area contributed by atoms with E-state index < -0.39 is 6.10 Å². The number of amides is 1. The fourth-order valence-corrected chi connectivity index (χ4v) is 1.47. The van der Waals surface area contributed by atoms with Crippen LogP contribution in [-0.4, -0.2) is 34.6 Å². The van der Waals surface area contributed by atoms with E-state index in [4.69, 9.17) is 0 Å². The molecule has 2 rings (SSSR count). The number of hydrogen-bond acceptors (Lipinski definition) is 2. The van der Waals surface area contributed by atoms with E-state index in [2.05, 4.69) is 23.7 Å². The van der Waals surface area contributed by atoms with Crippen molar-refractivity contribution in [2.75, 3.05) is 6.54 Å². The lowest BCUT2D eigenvalue weighted by Gasteiger charge is -2.40. The standard InChI is InChI=1S/C11H9NO2/c13-10-6-4-2-1-3-5-7-12-9(10)8-11(12)14/h1-2,9-10,13H,7-8H2/b2-1-. The summed E-state index contributed by atoms with van der Waals surface area (Å²) in [5.41, 5.74) is 0. The van der Waals surface area contributed by atoms with Crippen LogP contribution < -0.4 is 0 Å². The van der Waals surface area contributed by atoms with Crippen molar-refractivity contribution < 1.29 is 9.90 Å². The van der Waals surface area contributed by atoms with Gasteiger partial charge in [-0.05, 0) is 12.2 Å². The molecule has 3 heteroatoms. The first-order chi connectivity index (χ1) is 6.79. The second-order valence-electron chi connectivity index (χ2n) is 3.18. The highest BCUT2D eigenvalue weighted by molar-refractivity contribution is 5.83. The number of aliphatic hydroxyl groups excluding tert-OH is 1. The maximum absolute atomic E-state index is 11.2. The van der Waals surface area contributed by atoms with Gasteiger partial charge in [0.15, 0.2) is 0 Å². The number of carbonyl (C=O) groups is 1. The first kappa shape index (κ1) is 8.87.